The maximum absolute atomic E-state index is 12.2. The Hall–Kier alpha value is -1.87. The normalized spacial score (nSPS) is 28.8. The topological polar surface area (TPSA) is 115 Å². The van der Waals surface area contributed by atoms with E-state index in [1.807, 2.05) is 13.8 Å². The summed E-state index contributed by atoms with van der Waals surface area (Å²) in [6.45, 7) is 8.19. The first-order valence-electron chi connectivity index (χ1n) is 10.3. The quantitative estimate of drug-likeness (QED) is 0.297. The first-order valence-corrected chi connectivity index (χ1v) is 10.3. The molecule has 158 valence electrons. The third-order valence-corrected chi connectivity index (χ3v) is 6.47. The van der Waals surface area contributed by atoms with Crippen LogP contribution in [0.4, 0.5) is 4.79 Å². The molecule has 0 bridgehead atoms. The summed E-state index contributed by atoms with van der Waals surface area (Å²) in [5.41, 5.74) is -1.03. The molecule has 4 N–H and O–H groups in total. The Kier molecular flexibility index (Phi) is 6.44. The van der Waals surface area contributed by atoms with Crippen molar-refractivity contribution in [3.05, 3.63) is 0 Å². The van der Waals surface area contributed by atoms with Gasteiger partial charge in [0.1, 0.15) is 5.54 Å². The number of aliphatic hydroxyl groups is 1. The Morgan fingerprint density at radius 1 is 1.32 bits per heavy atom. The average Bonchev–Trinajstić information content (AvgIpc) is 2.98. The van der Waals surface area contributed by atoms with Gasteiger partial charge in [0.2, 0.25) is 0 Å². The molecular formula is C19H33N5O4. The number of guanidine groups is 1. The standard InChI is InChI=1S/C19H33N5O4/c1-3-20-16(21-12-19(13-25)6-10-28-11-7-19)24-8-4-14(5-9-24)18(2)15(26)22-17(27)23-18/h14,25H,3-13H2,1-2H3,(H,20,21)(H2,22,23,26,27). The zero-order valence-electron chi connectivity index (χ0n) is 16.9. The van der Waals surface area contributed by atoms with Crippen molar-refractivity contribution < 1.29 is 19.4 Å². The number of imide groups is 1. The number of urea groups is 1. The second kappa shape index (κ2) is 8.65. The number of carbonyl (C=O) groups excluding carboxylic acids is 2. The van der Waals surface area contributed by atoms with E-state index >= 15 is 0 Å². The summed E-state index contributed by atoms with van der Waals surface area (Å²) < 4.78 is 5.44. The molecule has 3 amide bonds. The second-order valence-electron chi connectivity index (χ2n) is 8.31. The first-order chi connectivity index (χ1) is 13.4. The van der Waals surface area contributed by atoms with Crippen molar-refractivity contribution in [1.82, 2.24) is 20.9 Å². The van der Waals surface area contributed by atoms with Crippen LogP contribution in [-0.4, -0.2) is 79.4 Å². The Bertz CT molecular complexity index is 611. The molecule has 0 aromatic heterocycles. The van der Waals surface area contributed by atoms with Crippen molar-refractivity contribution in [2.75, 3.05) is 46.0 Å². The molecule has 28 heavy (non-hydrogen) atoms. The molecule has 0 radical (unpaired) electrons. The lowest BCUT2D eigenvalue weighted by atomic mass is 9.79. The monoisotopic (exact) mass is 395 g/mol. The minimum absolute atomic E-state index is 0.0948. The lowest BCUT2D eigenvalue weighted by molar-refractivity contribution is -0.125. The predicted molar refractivity (Wildman–Crippen MR) is 105 cm³/mol. The number of aliphatic hydroxyl groups excluding tert-OH is 1. The molecule has 0 aromatic rings. The van der Waals surface area contributed by atoms with Crippen molar-refractivity contribution in [2.24, 2.45) is 16.3 Å². The Morgan fingerprint density at radius 3 is 2.54 bits per heavy atom. The van der Waals surface area contributed by atoms with Crippen LogP contribution in [-0.2, 0) is 9.53 Å². The summed E-state index contributed by atoms with van der Waals surface area (Å²) in [6, 6.07) is -0.407. The van der Waals surface area contributed by atoms with Gasteiger partial charge in [-0.25, -0.2) is 4.79 Å². The van der Waals surface area contributed by atoms with E-state index in [2.05, 4.69) is 20.9 Å². The Morgan fingerprint density at radius 2 is 2.00 bits per heavy atom. The van der Waals surface area contributed by atoms with Crippen LogP contribution in [0, 0.1) is 11.3 Å². The van der Waals surface area contributed by atoms with Crippen LogP contribution in [0.2, 0.25) is 0 Å². The van der Waals surface area contributed by atoms with Gasteiger partial charge < -0.3 is 25.4 Å². The Balaban J connectivity index is 1.63. The lowest BCUT2D eigenvalue weighted by Crippen LogP contribution is -2.55. The number of carbonyl (C=O) groups is 2. The SMILES string of the molecule is CCNC(=NCC1(CO)CCOCC1)N1CCC(C2(C)NC(=O)NC2=O)CC1. The van der Waals surface area contributed by atoms with Gasteiger partial charge >= 0.3 is 6.03 Å². The number of hydrogen-bond donors (Lipinski definition) is 4. The molecule has 3 aliphatic rings. The van der Waals surface area contributed by atoms with E-state index < -0.39 is 11.6 Å². The van der Waals surface area contributed by atoms with Gasteiger partial charge in [0.15, 0.2) is 5.96 Å². The maximum atomic E-state index is 12.2. The van der Waals surface area contributed by atoms with Gasteiger partial charge in [0.25, 0.3) is 5.91 Å². The fraction of sp³-hybridized carbons (Fsp3) is 0.842. The van der Waals surface area contributed by atoms with Crippen LogP contribution in [0.3, 0.4) is 0 Å². The molecule has 1 unspecified atom stereocenters. The van der Waals surface area contributed by atoms with E-state index in [0.717, 1.165) is 51.3 Å². The van der Waals surface area contributed by atoms with Gasteiger partial charge in [-0.2, -0.15) is 0 Å². The molecule has 0 aliphatic carbocycles. The first kappa shape index (κ1) is 20.9. The number of piperidine rings is 1. The highest BCUT2D eigenvalue weighted by Gasteiger charge is 2.48. The summed E-state index contributed by atoms with van der Waals surface area (Å²) >= 11 is 0. The van der Waals surface area contributed by atoms with Gasteiger partial charge in [-0.3, -0.25) is 15.1 Å². The lowest BCUT2D eigenvalue weighted by Gasteiger charge is -2.40. The average molecular weight is 396 g/mol. The van der Waals surface area contributed by atoms with E-state index in [1.165, 1.54) is 0 Å². The number of hydrogen-bond acceptors (Lipinski definition) is 5. The third-order valence-electron chi connectivity index (χ3n) is 6.47. The number of nitrogens with zero attached hydrogens (tertiary/aromatic N) is 2. The van der Waals surface area contributed by atoms with Gasteiger partial charge in [-0.1, -0.05) is 0 Å². The number of nitrogens with one attached hydrogen (secondary N) is 3. The molecule has 3 saturated heterocycles. The van der Waals surface area contributed by atoms with E-state index in [9.17, 15) is 14.7 Å². The number of amides is 3. The van der Waals surface area contributed by atoms with Gasteiger partial charge in [-0.15, -0.1) is 0 Å². The Labute approximate surface area is 166 Å². The fourth-order valence-corrected chi connectivity index (χ4v) is 4.35. The molecule has 9 nitrogen and oxygen atoms in total. The fourth-order valence-electron chi connectivity index (χ4n) is 4.35. The molecule has 1 atom stereocenters. The molecule has 9 heteroatoms. The van der Waals surface area contributed by atoms with Gasteiger partial charge in [0, 0.05) is 38.3 Å². The third kappa shape index (κ3) is 4.25. The van der Waals surface area contributed by atoms with Crippen LogP contribution < -0.4 is 16.0 Å². The van der Waals surface area contributed by atoms with Crippen molar-refractivity contribution in [3.8, 4) is 0 Å². The van der Waals surface area contributed by atoms with Crippen LogP contribution in [0.5, 0.6) is 0 Å². The van der Waals surface area contributed by atoms with E-state index in [4.69, 9.17) is 9.73 Å². The summed E-state index contributed by atoms with van der Waals surface area (Å²) in [5, 5.41) is 18.4. The summed E-state index contributed by atoms with van der Waals surface area (Å²) in [7, 11) is 0. The van der Waals surface area contributed by atoms with Gasteiger partial charge in [0.05, 0.1) is 13.2 Å². The highest BCUT2D eigenvalue weighted by molar-refractivity contribution is 6.07. The minimum Gasteiger partial charge on any atom is -0.396 e. The van der Waals surface area contributed by atoms with Crippen molar-refractivity contribution in [3.63, 3.8) is 0 Å². The van der Waals surface area contributed by atoms with Crippen molar-refractivity contribution in [2.45, 2.75) is 45.1 Å². The second-order valence-corrected chi connectivity index (χ2v) is 8.31. The van der Waals surface area contributed by atoms with Crippen molar-refractivity contribution in [1.29, 1.82) is 0 Å². The number of aliphatic imine (C=N–C) groups is 1. The molecule has 3 rings (SSSR count). The van der Waals surface area contributed by atoms with Crippen LogP contribution in [0.1, 0.15) is 39.5 Å². The molecule has 3 heterocycles. The van der Waals surface area contributed by atoms with Crippen LogP contribution in [0.15, 0.2) is 4.99 Å². The van der Waals surface area contributed by atoms with E-state index in [1.54, 1.807) is 0 Å². The zero-order valence-corrected chi connectivity index (χ0v) is 16.9. The van der Waals surface area contributed by atoms with Crippen molar-refractivity contribution >= 4 is 17.9 Å². The molecule has 0 aromatic carbocycles. The van der Waals surface area contributed by atoms with Gasteiger partial charge in [-0.05, 0) is 45.4 Å². The highest BCUT2D eigenvalue weighted by Crippen LogP contribution is 2.32. The van der Waals surface area contributed by atoms with Crippen LogP contribution >= 0.6 is 0 Å². The molecule has 3 aliphatic heterocycles. The largest absolute Gasteiger partial charge is 0.396 e. The van der Waals surface area contributed by atoms with Crippen LogP contribution in [0.25, 0.3) is 0 Å². The summed E-state index contributed by atoms with van der Waals surface area (Å²) in [5.74, 6) is 0.712. The maximum Gasteiger partial charge on any atom is 0.322 e. The molecule has 3 fully saturated rings. The van der Waals surface area contributed by atoms with E-state index in [0.29, 0.717) is 19.8 Å². The smallest absolute Gasteiger partial charge is 0.322 e. The zero-order chi connectivity index (χ0) is 20.2. The highest BCUT2D eigenvalue weighted by atomic mass is 16.5. The predicted octanol–water partition coefficient (Wildman–Crippen LogP) is 0.0511. The molecular weight excluding hydrogens is 362 g/mol. The number of likely N-dealkylation sites (tertiary alicyclic amines) is 1. The molecule has 0 spiro atoms. The summed E-state index contributed by atoms with van der Waals surface area (Å²) in [4.78, 5) is 30.8. The number of rotatable bonds is 5. The molecule has 0 saturated carbocycles. The summed E-state index contributed by atoms with van der Waals surface area (Å²) in [6.07, 6.45) is 3.24. The minimum atomic E-state index is -0.832. The number of ether oxygens (including phenoxy) is 1. The van der Waals surface area contributed by atoms with E-state index in [-0.39, 0.29) is 23.8 Å².